The number of para-hydroxylation sites is 4. The average Bonchev–Trinajstić information content (AvgIpc) is 3.71. The molecule has 0 spiro atoms. The zero-order valence-electron chi connectivity index (χ0n) is 25.1. The van der Waals surface area contributed by atoms with Gasteiger partial charge >= 0.3 is 0 Å². The molecule has 0 bridgehead atoms. The fourth-order valence-electron chi connectivity index (χ4n) is 7.49. The number of aromatic nitrogens is 4. The summed E-state index contributed by atoms with van der Waals surface area (Å²) in [7, 11) is 0. The quantitative estimate of drug-likeness (QED) is 0.208. The van der Waals surface area contributed by atoms with Crippen LogP contribution in [0.15, 0.2) is 146 Å². The summed E-state index contributed by atoms with van der Waals surface area (Å²) in [5, 5.41) is 2.34. The van der Waals surface area contributed by atoms with Crippen LogP contribution < -0.4 is 0 Å². The molecule has 0 saturated heterocycles. The molecule has 0 amide bonds. The number of rotatable bonds is 4. The van der Waals surface area contributed by atoms with Crippen molar-refractivity contribution in [2.24, 2.45) is 0 Å². The molecule has 0 unspecified atom stereocenters. The maximum atomic E-state index is 5.50. The molecule has 4 heterocycles. The molecular formula is C41H30N4. The third-order valence-electron chi connectivity index (χ3n) is 9.37. The summed E-state index contributed by atoms with van der Waals surface area (Å²) in [4.78, 5) is 10.4. The minimum absolute atomic E-state index is 0.207. The highest BCUT2D eigenvalue weighted by atomic mass is 15.0. The molecule has 45 heavy (non-hydrogen) atoms. The van der Waals surface area contributed by atoms with Gasteiger partial charge in [-0.15, -0.1) is 0 Å². The lowest BCUT2D eigenvalue weighted by molar-refractivity contribution is 0.646. The monoisotopic (exact) mass is 578 g/mol. The van der Waals surface area contributed by atoms with Gasteiger partial charge < -0.3 is 9.13 Å². The van der Waals surface area contributed by atoms with Gasteiger partial charge in [-0.1, -0.05) is 117 Å². The van der Waals surface area contributed by atoms with Crippen LogP contribution >= 0.6 is 0 Å². The predicted octanol–water partition coefficient (Wildman–Crippen LogP) is 10.0. The van der Waals surface area contributed by atoms with Crippen molar-refractivity contribution in [1.29, 1.82) is 0 Å². The summed E-state index contributed by atoms with van der Waals surface area (Å²) in [5.74, 6) is 0. The van der Waals surface area contributed by atoms with Crippen molar-refractivity contribution in [1.82, 2.24) is 19.1 Å². The molecule has 3 aromatic heterocycles. The van der Waals surface area contributed by atoms with Gasteiger partial charge in [-0.25, -0.2) is 4.98 Å². The molecule has 1 aliphatic rings. The first-order valence-electron chi connectivity index (χ1n) is 15.4. The number of hydrogen-bond donors (Lipinski definition) is 0. The molecule has 0 radical (unpaired) electrons. The molecule has 0 N–H and O–H groups in total. The fraction of sp³-hybridized carbons (Fsp3) is 0.0732. The first kappa shape index (κ1) is 25.7. The Kier molecular flexibility index (Phi) is 5.51. The lowest BCUT2D eigenvalue weighted by atomic mass is 9.81. The third kappa shape index (κ3) is 3.66. The second kappa shape index (κ2) is 9.63. The summed E-state index contributed by atoms with van der Waals surface area (Å²) in [5.41, 5.74) is 13.3. The topological polar surface area (TPSA) is 35.6 Å². The minimum Gasteiger partial charge on any atom is -0.312 e. The predicted molar refractivity (Wildman–Crippen MR) is 184 cm³/mol. The van der Waals surface area contributed by atoms with E-state index in [1.165, 1.54) is 27.8 Å². The van der Waals surface area contributed by atoms with Crippen LogP contribution in [-0.2, 0) is 5.41 Å². The Bertz CT molecular complexity index is 2390. The van der Waals surface area contributed by atoms with Gasteiger partial charge in [0, 0.05) is 38.7 Å². The Hall–Kier alpha value is -5.74. The third-order valence-corrected chi connectivity index (χ3v) is 9.37. The van der Waals surface area contributed by atoms with Gasteiger partial charge in [0.25, 0.3) is 0 Å². The second-order valence-electron chi connectivity index (χ2n) is 12.3. The Labute approximate surface area is 261 Å². The van der Waals surface area contributed by atoms with Crippen LogP contribution in [0, 0.1) is 0 Å². The van der Waals surface area contributed by atoms with Gasteiger partial charge in [-0.3, -0.25) is 4.98 Å². The molecule has 0 fully saturated rings. The van der Waals surface area contributed by atoms with Gasteiger partial charge in [-0.05, 0) is 41.5 Å². The van der Waals surface area contributed by atoms with Crippen molar-refractivity contribution in [3.05, 3.63) is 157 Å². The van der Waals surface area contributed by atoms with E-state index in [2.05, 4.69) is 156 Å². The van der Waals surface area contributed by atoms with Gasteiger partial charge in [0.1, 0.15) is 0 Å². The normalized spacial score (nSPS) is 13.3. The van der Waals surface area contributed by atoms with Crippen molar-refractivity contribution in [3.63, 3.8) is 0 Å². The molecule has 0 aliphatic carbocycles. The molecule has 214 valence electrons. The van der Waals surface area contributed by atoms with Crippen LogP contribution in [0.25, 0.3) is 67.0 Å². The second-order valence-corrected chi connectivity index (χ2v) is 12.3. The summed E-state index contributed by atoms with van der Waals surface area (Å²) < 4.78 is 4.80. The van der Waals surface area contributed by atoms with Crippen LogP contribution in [0.2, 0.25) is 0 Å². The molecule has 0 saturated carbocycles. The van der Waals surface area contributed by atoms with Crippen molar-refractivity contribution in [2.45, 2.75) is 19.3 Å². The van der Waals surface area contributed by atoms with Crippen LogP contribution in [0.3, 0.4) is 0 Å². The summed E-state index contributed by atoms with van der Waals surface area (Å²) in [6, 6.07) is 47.3. The Morgan fingerprint density at radius 1 is 0.533 bits per heavy atom. The van der Waals surface area contributed by atoms with E-state index in [9.17, 15) is 0 Å². The molecule has 5 aromatic carbocycles. The Balaban J connectivity index is 1.36. The van der Waals surface area contributed by atoms with Crippen LogP contribution in [0.1, 0.15) is 25.1 Å². The van der Waals surface area contributed by atoms with E-state index in [-0.39, 0.29) is 5.41 Å². The van der Waals surface area contributed by atoms with E-state index in [1.807, 2.05) is 12.4 Å². The zero-order valence-corrected chi connectivity index (χ0v) is 25.1. The molecule has 8 aromatic rings. The molecule has 1 aliphatic heterocycles. The first-order valence-corrected chi connectivity index (χ1v) is 15.4. The number of hydrogen-bond acceptors (Lipinski definition) is 2. The maximum absolute atomic E-state index is 5.50. The van der Waals surface area contributed by atoms with E-state index in [1.54, 1.807) is 0 Å². The highest BCUT2D eigenvalue weighted by molar-refractivity contribution is 6.06. The first-order chi connectivity index (χ1) is 22.1. The number of nitrogens with zero attached hydrogens (tertiary/aromatic N) is 4. The van der Waals surface area contributed by atoms with Crippen LogP contribution in [-0.4, -0.2) is 19.1 Å². The van der Waals surface area contributed by atoms with E-state index in [0.29, 0.717) is 0 Å². The Morgan fingerprint density at radius 3 is 1.82 bits per heavy atom. The lowest BCUT2D eigenvalue weighted by Crippen LogP contribution is -2.16. The average molecular weight is 579 g/mol. The number of benzene rings is 5. The van der Waals surface area contributed by atoms with Gasteiger partial charge in [0.15, 0.2) is 0 Å². The Morgan fingerprint density at radius 2 is 1.09 bits per heavy atom. The summed E-state index contributed by atoms with van der Waals surface area (Å²) in [6.07, 6.45) is 3.86. The van der Waals surface area contributed by atoms with Gasteiger partial charge in [-0.2, -0.15) is 0 Å². The lowest BCUT2D eigenvalue weighted by Gasteiger charge is -2.21. The summed E-state index contributed by atoms with van der Waals surface area (Å²) >= 11 is 0. The fourth-order valence-corrected chi connectivity index (χ4v) is 7.49. The van der Waals surface area contributed by atoms with Gasteiger partial charge in [0.05, 0.1) is 46.2 Å². The molecule has 0 atom stereocenters. The van der Waals surface area contributed by atoms with Gasteiger partial charge in [0.2, 0.25) is 0 Å². The highest BCUT2D eigenvalue weighted by Crippen LogP contribution is 2.51. The van der Waals surface area contributed by atoms with E-state index in [4.69, 9.17) is 9.97 Å². The molecule has 4 nitrogen and oxygen atoms in total. The van der Waals surface area contributed by atoms with Crippen molar-refractivity contribution in [3.8, 4) is 45.1 Å². The van der Waals surface area contributed by atoms with E-state index in [0.717, 1.165) is 50.4 Å². The highest BCUT2D eigenvalue weighted by Gasteiger charge is 2.40. The largest absolute Gasteiger partial charge is 0.312 e. The zero-order chi connectivity index (χ0) is 30.1. The SMILES string of the molecule is CC1(C)c2ccccc2-n2c1c(-c1cncc(-c3c(-c4ccccc4)n(-c4ccccc4)c4ccccc34)n1)c1ccccc12. The smallest absolute Gasteiger partial charge is 0.0920 e. The van der Waals surface area contributed by atoms with Crippen LogP contribution in [0.4, 0.5) is 0 Å². The van der Waals surface area contributed by atoms with E-state index < -0.39 is 0 Å². The van der Waals surface area contributed by atoms with Crippen molar-refractivity contribution in [2.75, 3.05) is 0 Å². The van der Waals surface area contributed by atoms with E-state index >= 15 is 0 Å². The standard InChI is InChI=1S/C41H30N4/c1-41(2)31-21-11-14-24-36(31)45-35-23-13-10-20-30(35)38(40(41)45)33-26-42-25-32(43-33)37-29-19-9-12-22-34(29)44(28-17-7-4-8-18-28)39(37)27-15-5-3-6-16-27/h3-26H,1-2H3. The number of fused-ring (bicyclic) bond motifs is 6. The molecule has 4 heteroatoms. The molecule has 9 rings (SSSR count). The minimum atomic E-state index is -0.207. The van der Waals surface area contributed by atoms with Crippen molar-refractivity contribution >= 4 is 21.8 Å². The molecular weight excluding hydrogens is 548 g/mol. The van der Waals surface area contributed by atoms with Crippen molar-refractivity contribution < 1.29 is 0 Å². The maximum Gasteiger partial charge on any atom is 0.0920 e. The summed E-state index contributed by atoms with van der Waals surface area (Å²) in [6.45, 7) is 4.65. The van der Waals surface area contributed by atoms with Crippen LogP contribution in [0.5, 0.6) is 0 Å².